The predicted octanol–water partition coefficient (Wildman–Crippen LogP) is 5.68. The summed E-state index contributed by atoms with van der Waals surface area (Å²) in [5.41, 5.74) is 1.41. The van der Waals surface area contributed by atoms with E-state index in [4.69, 9.17) is 9.57 Å². The predicted molar refractivity (Wildman–Crippen MR) is 186 cm³/mol. The number of likely N-dealkylation sites (tertiary alicyclic amines) is 1. The van der Waals surface area contributed by atoms with Crippen LogP contribution >= 0.6 is 0 Å². The van der Waals surface area contributed by atoms with Crippen LogP contribution in [0.1, 0.15) is 78.2 Å². The smallest absolute Gasteiger partial charge is 0.408 e. The summed E-state index contributed by atoms with van der Waals surface area (Å²) in [7, 11) is 0. The fourth-order valence-electron chi connectivity index (χ4n) is 6.86. The molecule has 0 bridgehead atoms. The van der Waals surface area contributed by atoms with Gasteiger partial charge in [-0.25, -0.2) is 9.59 Å². The van der Waals surface area contributed by atoms with Gasteiger partial charge in [0.05, 0.1) is 12.3 Å². The maximum absolute atomic E-state index is 14.3. The highest BCUT2D eigenvalue weighted by atomic mass is 16.6. The molecule has 3 aliphatic rings. The first-order valence-corrected chi connectivity index (χ1v) is 17.2. The lowest BCUT2D eigenvalue weighted by Gasteiger charge is -2.35. The third-order valence-electron chi connectivity index (χ3n) is 9.80. The largest absolute Gasteiger partial charge is 0.479 e. The van der Waals surface area contributed by atoms with Crippen LogP contribution in [0.4, 0.5) is 4.79 Å². The van der Waals surface area contributed by atoms with E-state index >= 15 is 0 Å². The Morgan fingerprint density at radius 1 is 1.06 bits per heavy atom. The first kappa shape index (κ1) is 35.6. The molecule has 0 spiro atoms. The van der Waals surface area contributed by atoms with E-state index in [1.807, 2.05) is 82.3 Å². The molecule has 1 saturated heterocycles. The number of ether oxygens (including phenoxy) is 1. The fraction of sp³-hybridized carbons (Fsp3) is 0.500. The number of carbonyl (C=O) groups excluding carboxylic acids is 3. The Bertz CT molecular complexity index is 1580. The van der Waals surface area contributed by atoms with Crippen molar-refractivity contribution in [3.05, 3.63) is 72.8 Å². The van der Waals surface area contributed by atoms with Crippen LogP contribution in [-0.4, -0.2) is 76.0 Å². The first-order chi connectivity index (χ1) is 23.4. The average molecular weight is 673 g/mol. The lowest BCUT2D eigenvalue weighted by Crippen LogP contribution is -2.59. The van der Waals surface area contributed by atoms with Crippen LogP contribution in [0.25, 0.3) is 11.1 Å². The van der Waals surface area contributed by atoms with Gasteiger partial charge in [-0.05, 0) is 55.1 Å². The molecule has 5 atom stereocenters. The molecule has 3 N–H and O–H groups in total. The summed E-state index contributed by atoms with van der Waals surface area (Å²) in [5, 5.41) is 20.0. The standard InChI is InChI=1S/C38H48N4O7/c1-6-25-22-38(25,35(45)46)40-33(43)31-21-27(49-41-30(7-2)29-20-14-13-19-28(29)24-15-9-8-10-16-24)23-42(31)34(44)32(37(3,4)5)39-36(47)48-26-17-11-12-18-26/h6,8-10,13-16,19-20,25-27,31-32H,1,7,11-12,17-18,21-23H2,2-5H3,(H,39,47)(H,40,43)(H,45,46)/b41-30+/t25-,27-,31+,32-,38+/m1/s1. The minimum Gasteiger partial charge on any atom is -0.479 e. The van der Waals surface area contributed by atoms with Gasteiger partial charge in [0.25, 0.3) is 0 Å². The van der Waals surface area contributed by atoms with Crippen molar-refractivity contribution in [3.8, 4) is 11.1 Å². The number of benzene rings is 2. The Kier molecular flexibility index (Phi) is 10.8. The molecule has 0 aromatic heterocycles. The highest BCUT2D eigenvalue weighted by Crippen LogP contribution is 2.45. The number of carboxylic acids is 1. The molecule has 2 aliphatic carbocycles. The molecule has 5 rings (SSSR count). The van der Waals surface area contributed by atoms with E-state index in [0.717, 1.165) is 42.4 Å². The minimum absolute atomic E-state index is 0.00857. The summed E-state index contributed by atoms with van der Waals surface area (Å²) in [6, 6.07) is 15.8. The van der Waals surface area contributed by atoms with Crippen molar-refractivity contribution in [3.63, 3.8) is 0 Å². The zero-order valence-electron chi connectivity index (χ0n) is 28.8. The van der Waals surface area contributed by atoms with E-state index in [9.17, 15) is 24.3 Å². The van der Waals surface area contributed by atoms with Crippen LogP contribution < -0.4 is 10.6 Å². The summed E-state index contributed by atoms with van der Waals surface area (Å²) in [4.78, 5) is 60.9. The molecule has 2 aromatic rings. The number of hydrogen-bond donors (Lipinski definition) is 3. The van der Waals surface area contributed by atoms with Crippen molar-refractivity contribution in [2.24, 2.45) is 16.5 Å². The summed E-state index contributed by atoms with van der Waals surface area (Å²) < 4.78 is 5.61. The molecule has 1 aliphatic heterocycles. The highest BCUT2D eigenvalue weighted by molar-refractivity contribution is 6.05. The van der Waals surface area contributed by atoms with E-state index in [0.29, 0.717) is 12.1 Å². The summed E-state index contributed by atoms with van der Waals surface area (Å²) in [6.45, 7) is 11.2. The number of alkyl carbamates (subject to hydrolysis) is 1. The molecule has 49 heavy (non-hydrogen) atoms. The van der Waals surface area contributed by atoms with Crippen molar-refractivity contribution in [2.45, 2.75) is 102 Å². The van der Waals surface area contributed by atoms with E-state index in [1.54, 1.807) is 0 Å². The Balaban J connectivity index is 1.40. The molecular weight excluding hydrogens is 624 g/mol. The molecular formula is C38H48N4O7. The lowest BCUT2D eigenvalue weighted by atomic mass is 9.85. The van der Waals surface area contributed by atoms with Crippen LogP contribution in [0.5, 0.6) is 0 Å². The Hall–Kier alpha value is -4.67. The highest BCUT2D eigenvalue weighted by Gasteiger charge is 2.61. The fourth-order valence-corrected chi connectivity index (χ4v) is 6.86. The molecule has 3 amide bonds. The third kappa shape index (κ3) is 7.98. The van der Waals surface area contributed by atoms with E-state index in [-0.39, 0.29) is 25.5 Å². The monoisotopic (exact) mass is 672 g/mol. The number of nitrogens with one attached hydrogen (secondary N) is 2. The summed E-state index contributed by atoms with van der Waals surface area (Å²) >= 11 is 0. The molecule has 2 saturated carbocycles. The second-order valence-corrected chi connectivity index (χ2v) is 14.3. The summed E-state index contributed by atoms with van der Waals surface area (Å²) in [6.07, 6.45) is 4.34. The van der Waals surface area contributed by atoms with Gasteiger partial charge in [-0.2, -0.15) is 0 Å². The van der Waals surface area contributed by atoms with Gasteiger partial charge in [-0.3, -0.25) is 9.59 Å². The Labute approximate surface area is 288 Å². The first-order valence-electron chi connectivity index (χ1n) is 17.2. The SMILES string of the molecule is C=C[C@@H]1C[C@@]1(NC(=O)[C@@H]1C[C@@H](O/N=C(\CC)c2ccccc2-c2ccccc2)CN1C(=O)[C@@H](NC(=O)OC1CCCC1)C(C)(C)C)C(=O)O. The third-order valence-corrected chi connectivity index (χ3v) is 9.80. The van der Waals surface area contributed by atoms with Crippen molar-refractivity contribution < 1.29 is 33.9 Å². The average Bonchev–Trinajstić information content (AvgIpc) is 3.35. The number of hydrogen-bond acceptors (Lipinski definition) is 7. The van der Waals surface area contributed by atoms with Gasteiger partial charge < -0.3 is 30.2 Å². The van der Waals surface area contributed by atoms with Crippen molar-refractivity contribution in [1.29, 1.82) is 0 Å². The Morgan fingerprint density at radius 3 is 2.35 bits per heavy atom. The molecule has 11 nitrogen and oxygen atoms in total. The van der Waals surface area contributed by atoms with Crippen molar-refractivity contribution in [2.75, 3.05) is 6.54 Å². The van der Waals surface area contributed by atoms with Crippen LogP contribution in [0.15, 0.2) is 72.4 Å². The molecule has 2 aromatic carbocycles. The van der Waals surface area contributed by atoms with Crippen molar-refractivity contribution in [1.82, 2.24) is 15.5 Å². The minimum atomic E-state index is -1.48. The van der Waals surface area contributed by atoms with Gasteiger partial charge in [-0.15, -0.1) is 6.58 Å². The van der Waals surface area contributed by atoms with Gasteiger partial charge >= 0.3 is 12.1 Å². The molecule has 262 valence electrons. The van der Waals surface area contributed by atoms with Gasteiger partial charge in [0.2, 0.25) is 11.8 Å². The number of aliphatic carboxylic acids is 1. The number of oxime groups is 1. The molecule has 1 heterocycles. The second-order valence-electron chi connectivity index (χ2n) is 14.3. The summed E-state index contributed by atoms with van der Waals surface area (Å²) in [5.74, 6) is -2.69. The number of carboxylic acid groups (broad SMARTS) is 1. The van der Waals surface area contributed by atoms with Crippen LogP contribution in [0, 0.1) is 11.3 Å². The number of amides is 3. The number of carbonyl (C=O) groups is 4. The second kappa shape index (κ2) is 14.8. The van der Waals surface area contributed by atoms with E-state index in [2.05, 4.69) is 22.4 Å². The molecule has 0 radical (unpaired) electrons. The van der Waals surface area contributed by atoms with Gasteiger partial charge in [-0.1, -0.05) is 93.5 Å². The molecule has 0 unspecified atom stereocenters. The molecule has 3 fully saturated rings. The van der Waals surface area contributed by atoms with Crippen LogP contribution in [0.3, 0.4) is 0 Å². The van der Waals surface area contributed by atoms with E-state index < -0.39 is 58.9 Å². The zero-order valence-corrected chi connectivity index (χ0v) is 28.8. The molecule has 11 heteroatoms. The zero-order chi connectivity index (χ0) is 35.3. The van der Waals surface area contributed by atoms with Gasteiger partial charge in [0.15, 0.2) is 0 Å². The quantitative estimate of drug-likeness (QED) is 0.149. The number of rotatable bonds is 12. The van der Waals surface area contributed by atoms with Gasteiger partial charge in [0, 0.05) is 17.9 Å². The maximum Gasteiger partial charge on any atom is 0.408 e. The van der Waals surface area contributed by atoms with Gasteiger partial charge in [0.1, 0.15) is 29.8 Å². The Morgan fingerprint density at radius 2 is 1.73 bits per heavy atom. The topological polar surface area (TPSA) is 147 Å². The van der Waals surface area contributed by atoms with Crippen LogP contribution in [0.2, 0.25) is 0 Å². The number of nitrogens with zero attached hydrogens (tertiary/aromatic N) is 2. The van der Waals surface area contributed by atoms with E-state index in [1.165, 1.54) is 11.0 Å². The van der Waals surface area contributed by atoms with Crippen molar-refractivity contribution >= 4 is 29.6 Å². The maximum atomic E-state index is 14.3. The normalized spacial score (nSPS) is 24.5. The lowest BCUT2D eigenvalue weighted by molar-refractivity contribution is -0.146. The van der Waals surface area contributed by atoms with Crippen LogP contribution in [-0.2, 0) is 24.0 Å².